The minimum Gasteiger partial charge on any atom is -0.482 e. The van der Waals surface area contributed by atoms with Crippen molar-refractivity contribution < 1.29 is 14.3 Å². The van der Waals surface area contributed by atoms with Crippen LogP contribution in [0.2, 0.25) is 0 Å². The van der Waals surface area contributed by atoms with Crippen LogP contribution < -0.4 is 15.2 Å². The number of thiophene rings is 1. The smallest absolute Gasteiger partial charge is 0.265 e. The monoisotopic (exact) mass is 563 g/mol. The van der Waals surface area contributed by atoms with Crippen molar-refractivity contribution in [1.82, 2.24) is 9.55 Å². The fourth-order valence-corrected chi connectivity index (χ4v) is 5.68. The predicted molar refractivity (Wildman–Crippen MR) is 145 cm³/mol. The number of benzene rings is 2. The molecule has 0 saturated heterocycles. The summed E-state index contributed by atoms with van der Waals surface area (Å²) in [6.45, 7) is 7.59. The predicted octanol–water partition coefficient (Wildman–Crippen LogP) is 5.55. The number of nitrogens with zero attached hydrogens (tertiary/aromatic N) is 3. The third-order valence-electron chi connectivity index (χ3n) is 6.24. The fourth-order valence-electron chi connectivity index (χ4n) is 4.41. The van der Waals surface area contributed by atoms with Crippen molar-refractivity contribution in [3.8, 4) is 16.9 Å². The van der Waals surface area contributed by atoms with E-state index < -0.39 is 6.04 Å². The number of halogens is 1. The van der Waals surface area contributed by atoms with E-state index in [1.165, 1.54) is 27.1 Å². The lowest BCUT2D eigenvalue weighted by Crippen LogP contribution is -2.39. The molecule has 4 aromatic rings. The second-order valence-electron chi connectivity index (χ2n) is 8.48. The number of anilines is 1. The molecule has 36 heavy (non-hydrogen) atoms. The summed E-state index contributed by atoms with van der Waals surface area (Å²) in [7, 11) is 0. The maximum Gasteiger partial charge on any atom is 0.265 e. The summed E-state index contributed by atoms with van der Waals surface area (Å²) in [5, 5.41) is 0.503. The van der Waals surface area contributed by atoms with Gasteiger partial charge in [0.15, 0.2) is 12.4 Å². The molecule has 1 amide bonds. The Bertz CT molecular complexity index is 1590. The van der Waals surface area contributed by atoms with Crippen molar-refractivity contribution in [2.24, 2.45) is 0 Å². The zero-order chi connectivity index (χ0) is 25.6. The molecule has 0 fully saturated rings. The summed E-state index contributed by atoms with van der Waals surface area (Å²) < 4.78 is 7.84. The van der Waals surface area contributed by atoms with Crippen molar-refractivity contribution in [1.29, 1.82) is 0 Å². The zero-order valence-electron chi connectivity index (χ0n) is 19.7. The van der Waals surface area contributed by atoms with Gasteiger partial charge in [-0.05, 0) is 49.7 Å². The summed E-state index contributed by atoms with van der Waals surface area (Å²) >= 11 is 4.91. The Hall–Kier alpha value is -3.56. The number of rotatable bonds is 6. The number of hydrogen-bond donors (Lipinski definition) is 0. The first-order chi connectivity index (χ1) is 17.3. The quantitative estimate of drug-likeness (QED) is 0.227. The van der Waals surface area contributed by atoms with E-state index in [9.17, 15) is 14.4 Å². The van der Waals surface area contributed by atoms with Crippen LogP contribution in [0.1, 0.15) is 28.2 Å². The standard InChI is InChI=1S/C27H22BrN3O4S/c1-4-11-30-20-12-18(7-10-21(20)35-13-22(30)32)25(33)15(2)31-14-29-26-24(27(31)34)23(16(3)36-26)17-5-8-19(28)9-6-17/h4-10,12,14-15H,1,11,13H2,2-3H3. The van der Waals surface area contributed by atoms with E-state index in [0.717, 1.165) is 20.5 Å². The Kier molecular flexibility index (Phi) is 6.36. The second kappa shape index (κ2) is 9.48. The van der Waals surface area contributed by atoms with Gasteiger partial charge in [0.2, 0.25) is 0 Å². The molecule has 1 aliphatic heterocycles. The highest BCUT2D eigenvalue weighted by Crippen LogP contribution is 2.37. The van der Waals surface area contributed by atoms with Crippen molar-refractivity contribution in [3.05, 3.63) is 86.7 Å². The van der Waals surface area contributed by atoms with Gasteiger partial charge >= 0.3 is 0 Å². The van der Waals surface area contributed by atoms with Crippen LogP contribution in [0.3, 0.4) is 0 Å². The molecule has 9 heteroatoms. The molecule has 0 bridgehead atoms. The van der Waals surface area contributed by atoms with E-state index in [4.69, 9.17) is 4.74 Å². The van der Waals surface area contributed by atoms with Gasteiger partial charge in [-0.1, -0.05) is 34.1 Å². The number of carbonyl (C=O) groups is 2. The minimum absolute atomic E-state index is 0.0631. The molecule has 5 rings (SSSR count). The Labute approximate surface area is 219 Å². The number of aromatic nitrogens is 2. The lowest BCUT2D eigenvalue weighted by molar-refractivity contribution is -0.121. The molecule has 1 aliphatic rings. The average Bonchev–Trinajstić information content (AvgIpc) is 3.22. The maximum absolute atomic E-state index is 13.7. The van der Waals surface area contributed by atoms with Crippen LogP contribution in [0.15, 0.2) is 70.7 Å². The molecule has 0 spiro atoms. The number of carbonyl (C=O) groups excluding carboxylic acids is 2. The molecule has 7 nitrogen and oxygen atoms in total. The topological polar surface area (TPSA) is 81.5 Å². The van der Waals surface area contributed by atoms with Gasteiger partial charge < -0.3 is 9.64 Å². The van der Waals surface area contributed by atoms with E-state index in [-0.39, 0.29) is 23.9 Å². The van der Waals surface area contributed by atoms with E-state index in [1.807, 2.05) is 31.2 Å². The zero-order valence-corrected chi connectivity index (χ0v) is 22.1. The number of Topliss-reactive ketones (excluding diaryl/α,β-unsaturated/α-hetero) is 1. The van der Waals surface area contributed by atoms with E-state index in [0.29, 0.717) is 33.8 Å². The molecule has 1 atom stereocenters. The summed E-state index contributed by atoms with van der Waals surface area (Å²) in [4.78, 5) is 47.2. The van der Waals surface area contributed by atoms with Crippen molar-refractivity contribution >= 4 is 54.9 Å². The Morgan fingerprint density at radius 3 is 2.72 bits per heavy atom. The van der Waals surface area contributed by atoms with Crippen molar-refractivity contribution in [2.75, 3.05) is 18.1 Å². The lowest BCUT2D eigenvalue weighted by Gasteiger charge is -2.29. The summed E-state index contributed by atoms with van der Waals surface area (Å²) in [5.41, 5.74) is 2.36. The normalized spacial score (nSPS) is 13.9. The number of ketones is 1. The van der Waals surface area contributed by atoms with E-state index in [2.05, 4.69) is 27.5 Å². The molecule has 0 N–H and O–H groups in total. The van der Waals surface area contributed by atoms with Crippen LogP contribution in [0.4, 0.5) is 5.69 Å². The van der Waals surface area contributed by atoms with Crippen LogP contribution in [0.25, 0.3) is 21.3 Å². The molecule has 182 valence electrons. The molecule has 2 aromatic carbocycles. The molecule has 3 heterocycles. The molecular weight excluding hydrogens is 542 g/mol. The van der Waals surface area contributed by atoms with E-state index >= 15 is 0 Å². The summed E-state index contributed by atoms with van der Waals surface area (Å²) in [6, 6.07) is 11.9. The molecule has 2 aromatic heterocycles. The number of ether oxygens (including phenoxy) is 1. The van der Waals surface area contributed by atoms with E-state index in [1.54, 1.807) is 31.2 Å². The highest BCUT2D eigenvalue weighted by Gasteiger charge is 2.28. The number of amides is 1. The van der Waals surface area contributed by atoms with Crippen LogP contribution in [0, 0.1) is 6.92 Å². The van der Waals surface area contributed by atoms with Crippen LogP contribution in [-0.2, 0) is 4.79 Å². The van der Waals surface area contributed by atoms with Gasteiger partial charge in [0.25, 0.3) is 11.5 Å². The summed E-state index contributed by atoms with van der Waals surface area (Å²) in [6.07, 6.45) is 3.06. The molecule has 0 radical (unpaired) electrons. The second-order valence-corrected chi connectivity index (χ2v) is 10.6. The van der Waals surface area contributed by atoms with Crippen molar-refractivity contribution in [2.45, 2.75) is 19.9 Å². The highest BCUT2D eigenvalue weighted by molar-refractivity contribution is 9.10. The first kappa shape index (κ1) is 24.1. The van der Waals surface area contributed by atoms with Gasteiger partial charge in [-0.2, -0.15) is 0 Å². The average molecular weight is 564 g/mol. The van der Waals surface area contributed by atoms with Crippen LogP contribution in [0.5, 0.6) is 5.75 Å². The first-order valence-electron chi connectivity index (χ1n) is 11.3. The fraction of sp³-hybridized carbons (Fsp3) is 0.185. The summed E-state index contributed by atoms with van der Waals surface area (Å²) in [5.74, 6) is 0.0442. The largest absolute Gasteiger partial charge is 0.482 e. The van der Waals surface area contributed by atoms with Gasteiger partial charge in [0, 0.05) is 27.0 Å². The molecular formula is C27H22BrN3O4S. The Morgan fingerprint density at radius 2 is 2.00 bits per heavy atom. The Balaban J connectivity index is 1.56. The van der Waals surface area contributed by atoms with Crippen molar-refractivity contribution in [3.63, 3.8) is 0 Å². The van der Waals surface area contributed by atoms with Gasteiger partial charge in [0.1, 0.15) is 10.6 Å². The number of aryl methyl sites for hydroxylation is 1. The number of hydrogen-bond acceptors (Lipinski definition) is 6. The first-order valence-corrected chi connectivity index (χ1v) is 12.9. The van der Waals surface area contributed by atoms with Gasteiger partial charge in [-0.25, -0.2) is 4.98 Å². The Morgan fingerprint density at radius 1 is 1.25 bits per heavy atom. The highest BCUT2D eigenvalue weighted by atomic mass is 79.9. The van der Waals surface area contributed by atoms with Crippen LogP contribution in [-0.4, -0.2) is 34.4 Å². The third-order valence-corrected chi connectivity index (χ3v) is 7.78. The lowest BCUT2D eigenvalue weighted by atomic mass is 10.0. The SMILES string of the molecule is C=CCN1C(=O)COc2ccc(C(=O)C(C)n3cnc4sc(C)c(-c5ccc(Br)cc5)c4c3=O)cc21. The van der Waals surface area contributed by atoms with Crippen LogP contribution >= 0.6 is 27.3 Å². The molecule has 0 aliphatic carbocycles. The maximum atomic E-state index is 13.7. The minimum atomic E-state index is -0.807. The van der Waals surface area contributed by atoms with Gasteiger partial charge in [0.05, 0.1) is 23.4 Å². The molecule has 1 unspecified atom stereocenters. The number of fused-ring (bicyclic) bond motifs is 2. The van der Waals surface area contributed by atoms with Gasteiger partial charge in [-0.3, -0.25) is 19.0 Å². The molecule has 0 saturated carbocycles. The third kappa shape index (κ3) is 4.08. The van der Waals surface area contributed by atoms with Gasteiger partial charge in [-0.15, -0.1) is 17.9 Å².